The van der Waals surface area contributed by atoms with Crippen molar-refractivity contribution in [2.45, 2.75) is 36.5 Å². The zero-order valence-corrected chi connectivity index (χ0v) is 14.3. The standard InChI is InChI=1S/C18H22N2O2S/c1-14(23-17-8-6-16(22-2)7-9-17)5-10-18(21)20-13-15-4-3-11-19-12-15/h3-4,6-9,11-12,14H,5,10,13H2,1-2H3,(H,20,21). The van der Waals surface area contributed by atoms with E-state index in [2.05, 4.69) is 17.2 Å². The topological polar surface area (TPSA) is 51.2 Å². The monoisotopic (exact) mass is 330 g/mol. The number of benzene rings is 1. The molecule has 0 aliphatic rings. The molecule has 2 rings (SSSR count). The van der Waals surface area contributed by atoms with Crippen LogP contribution in [0.25, 0.3) is 0 Å². The van der Waals surface area contributed by atoms with Crippen LogP contribution < -0.4 is 10.1 Å². The fourth-order valence-corrected chi connectivity index (χ4v) is 3.07. The summed E-state index contributed by atoms with van der Waals surface area (Å²) in [5.74, 6) is 0.938. The Morgan fingerprint density at radius 3 is 2.74 bits per heavy atom. The van der Waals surface area contributed by atoms with Crippen molar-refractivity contribution in [3.63, 3.8) is 0 Å². The molecule has 0 fully saturated rings. The maximum absolute atomic E-state index is 11.9. The second-order valence-corrected chi connectivity index (χ2v) is 6.79. The quantitative estimate of drug-likeness (QED) is 0.750. The molecule has 1 N–H and O–H groups in total. The maximum Gasteiger partial charge on any atom is 0.220 e. The molecule has 0 radical (unpaired) electrons. The molecule has 5 heteroatoms. The van der Waals surface area contributed by atoms with E-state index >= 15 is 0 Å². The average molecular weight is 330 g/mol. The number of nitrogens with zero attached hydrogens (tertiary/aromatic N) is 1. The van der Waals surface area contributed by atoms with E-state index in [9.17, 15) is 4.79 Å². The highest BCUT2D eigenvalue weighted by atomic mass is 32.2. The third-order valence-corrected chi connectivity index (χ3v) is 4.57. The van der Waals surface area contributed by atoms with E-state index in [-0.39, 0.29) is 5.91 Å². The molecule has 23 heavy (non-hydrogen) atoms. The second kappa shape index (κ2) is 9.20. The minimum absolute atomic E-state index is 0.0797. The molecule has 1 aromatic carbocycles. The predicted molar refractivity (Wildman–Crippen MR) is 93.6 cm³/mol. The molecule has 0 saturated carbocycles. The van der Waals surface area contributed by atoms with Crippen molar-refractivity contribution in [2.75, 3.05) is 7.11 Å². The van der Waals surface area contributed by atoms with Gasteiger partial charge in [0.1, 0.15) is 5.75 Å². The number of amides is 1. The Morgan fingerprint density at radius 2 is 2.09 bits per heavy atom. The van der Waals surface area contributed by atoms with Crippen molar-refractivity contribution in [2.24, 2.45) is 0 Å². The number of carbonyl (C=O) groups is 1. The van der Waals surface area contributed by atoms with Gasteiger partial charge in [-0.25, -0.2) is 0 Å². The third-order valence-electron chi connectivity index (χ3n) is 3.39. The number of hydrogen-bond donors (Lipinski definition) is 1. The lowest BCUT2D eigenvalue weighted by Gasteiger charge is -2.11. The molecule has 0 saturated heterocycles. The van der Waals surface area contributed by atoms with Crippen LogP contribution in [0.1, 0.15) is 25.3 Å². The van der Waals surface area contributed by atoms with Crippen molar-refractivity contribution < 1.29 is 9.53 Å². The van der Waals surface area contributed by atoms with Crippen molar-refractivity contribution in [3.8, 4) is 5.75 Å². The van der Waals surface area contributed by atoms with Gasteiger partial charge in [0.2, 0.25) is 5.91 Å². The number of carbonyl (C=O) groups excluding carboxylic acids is 1. The van der Waals surface area contributed by atoms with Gasteiger partial charge in [-0.15, -0.1) is 11.8 Å². The van der Waals surface area contributed by atoms with Crippen LogP contribution in [0.4, 0.5) is 0 Å². The predicted octanol–water partition coefficient (Wildman–Crippen LogP) is 3.67. The number of methoxy groups -OCH3 is 1. The Kier molecular flexibility index (Phi) is 6.94. The minimum atomic E-state index is 0.0797. The van der Waals surface area contributed by atoms with Crippen molar-refractivity contribution in [3.05, 3.63) is 54.4 Å². The van der Waals surface area contributed by atoms with Crippen LogP contribution >= 0.6 is 11.8 Å². The van der Waals surface area contributed by atoms with E-state index in [1.807, 2.05) is 36.4 Å². The number of hydrogen-bond acceptors (Lipinski definition) is 4. The van der Waals surface area contributed by atoms with Gasteiger partial charge in [0.15, 0.2) is 0 Å². The van der Waals surface area contributed by atoms with Crippen LogP contribution in [0.3, 0.4) is 0 Å². The highest BCUT2D eigenvalue weighted by Crippen LogP contribution is 2.27. The Morgan fingerprint density at radius 1 is 1.30 bits per heavy atom. The fourth-order valence-electron chi connectivity index (χ4n) is 2.07. The summed E-state index contributed by atoms with van der Waals surface area (Å²) in [6.07, 6.45) is 4.87. The highest BCUT2D eigenvalue weighted by molar-refractivity contribution is 7.99. The van der Waals surface area contributed by atoms with Crippen molar-refractivity contribution in [1.29, 1.82) is 0 Å². The first-order valence-corrected chi connectivity index (χ1v) is 8.51. The first-order chi connectivity index (χ1) is 11.2. The smallest absolute Gasteiger partial charge is 0.220 e. The molecular weight excluding hydrogens is 308 g/mol. The number of rotatable bonds is 8. The molecule has 0 spiro atoms. The van der Waals surface area contributed by atoms with Crippen molar-refractivity contribution in [1.82, 2.24) is 10.3 Å². The van der Waals surface area contributed by atoms with Gasteiger partial charge in [-0.3, -0.25) is 9.78 Å². The molecule has 122 valence electrons. The molecule has 1 aromatic heterocycles. The Hall–Kier alpha value is -2.01. The number of thioether (sulfide) groups is 1. The van der Waals surface area contributed by atoms with Crippen LogP contribution in [0.15, 0.2) is 53.7 Å². The lowest BCUT2D eigenvalue weighted by atomic mass is 10.2. The SMILES string of the molecule is COc1ccc(SC(C)CCC(=O)NCc2cccnc2)cc1. The first-order valence-electron chi connectivity index (χ1n) is 7.63. The van der Waals surface area contributed by atoms with Crippen LogP contribution in [0.2, 0.25) is 0 Å². The normalized spacial score (nSPS) is 11.7. The van der Waals surface area contributed by atoms with Crippen LogP contribution in [-0.2, 0) is 11.3 Å². The summed E-state index contributed by atoms with van der Waals surface area (Å²) >= 11 is 1.77. The number of ether oxygens (including phenoxy) is 1. The summed E-state index contributed by atoms with van der Waals surface area (Å²) in [4.78, 5) is 17.1. The molecule has 1 atom stereocenters. The van der Waals surface area contributed by atoms with Crippen LogP contribution in [-0.4, -0.2) is 23.3 Å². The van der Waals surface area contributed by atoms with E-state index < -0.39 is 0 Å². The lowest BCUT2D eigenvalue weighted by Crippen LogP contribution is -2.23. The van der Waals surface area contributed by atoms with Gasteiger partial charge < -0.3 is 10.1 Å². The summed E-state index contributed by atoms with van der Waals surface area (Å²) in [5, 5.41) is 3.31. The van der Waals surface area contributed by atoms with E-state index in [0.717, 1.165) is 17.7 Å². The summed E-state index contributed by atoms with van der Waals surface area (Å²) in [6, 6.07) is 11.8. The lowest BCUT2D eigenvalue weighted by molar-refractivity contribution is -0.121. The number of aromatic nitrogens is 1. The summed E-state index contributed by atoms with van der Waals surface area (Å²) < 4.78 is 5.15. The Balaban J connectivity index is 1.68. The molecule has 1 amide bonds. The van der Waals surface area contributed by atoms with E-state index in [1.165, 1.54) is 4.90 Å². The Labute approximate surface area is 141 Å². The minimum Gasteiger partial charge on any atom is -0.497 e. The molecule has 4 nitrogen and oxygen atoms in total. The molecule has 1 unspecified atom stereocenters. The van der Waals surface area contributed by atoms with Gasteiger partial charge in [-0.05, 0) is 42.3 Å². The van der Waals surface area contributed by atoms with Gasteiger partial charge >= 0.3 is 0 Å². The zero-order valence-electron chi connectivity index (χ0n) is 13.5. The molecule has 1 heterocycles. The van der Waals surface area contributed by atoms with E-state index in [0.29, 0.717) is 18.2 Å². The largest absolute Gasteiger partial charge is 0.497 e. The van der Waals surface area contributed by atoms with Gasteiger partial charge in [0.25, 0.3) is 0 Å². The van der Waals surface area contributed by atoms with Gasteiger partial charge in [-0.2, -0.15) is 0 Å². The molecule has 0 bridgehead atoms. The van der Waals surface area contributed by atoms with Crippen molar-refractivity contribution >= 4 is 17.7 Å². The zero-order chi connectivity index (χ0) is 16.5. The summed E-state index contributed by atoms with van der Waals surface area (Å²) in [5.41, 5.74) is 1.02. The maximum atomic E-state index is 11.9. The summed E-state index contributed by atoms with van der Waals surface area (Å²) in [6.45, 7) is 2.68. The molecule has 2 aromatic rings. The Bertz CT molecular complexity index is 602. The highest BCUT2D eigenvalue weighted by Gasteiger charge is 2.08. The number of pyridine rings is 1. The van der Waals surface area contributed by atoms with Gasteiger partial charge in [-0.1, -0.05) is 13.0 Å². The van der Waals surface area contributed by atoms with Crippen LogP contribution in [0.5, 0.6) is 5.75 Å². The third kappa shape index (κ3) is 6.32. The molecule has 0 aliphatic heterocycles. The molecule has 0 aliphatic carbocycles. The van der Waals surface area contributed by atoms with E-state index in [1.54, 1.807) is 31.3 Å². The van der Waals surface area contributed by atoms with Gasteiger partial charge in [0.05, 0.1) is 7.11 Å². The first kappa shape index (κ1) is 17.3. The van der Waals surface area contributed by atoms with E-state index in [4.69, 9.17) is 4.74 Å². The molecular formula is C18H22N2O2S. The average Bonchev–Trinajstić information content (AvgIpc) is 2.60. The van der Waals surface area contributed by atoms with Crippen LogP contribution in [0, 0.1) is 0 Å². The number of nitrogens with one attached hydrogen (secondary N) is 1. The summed E-state index contributed by atoms with van der Waals surface area (Å²) in [7, 11) is 1.66. The fraction of sp³-hybridized carbons (Fsp3) is 0.333. The second-order valence-electron chi connectivity index (χ2n) is 5.28. The van der Waals surface area contributed by atoms with Gasteiger partial charge in [0, 0.05) is 35.5 Å².